The highest BCUT2D eigenvalue weighted by molar-refractivity contribution is 5.76. The highest BCUT2D eigenvalue weighted by Crippen LogP contribution is 2.30. The van der Waals surface area contributed by atoms with Gasteiger partial charge in [-0.15, -0.1) is 0 Å². The number of rotatable bonds is 8. The standard InChI is InChI=1S/C20H22F3NO3/c1-14-2-4-15(5-3-14)6-11-19(26)24-12-17(25)13-27-18-9-7-16(8-10-18)20(21,22)23/h2-5,7-10,17,25H,6,11-13H2,1H3,(H,24,26). The first-order valence-electron chi connectivity index (χ1n) is 8.54. The number of nitrogens with one attached hydrogen (secondary N) is 1. The van der Waals surface area contributed by atoms with Crippen LogP contribution in [0.15, 0.2) is 48.5 Å². The Morgan fingerprint density at radius 3 is 2.33 bits per heavy atom. The van der Waals surface area contributed by atoms with Gasteiger partial charge in [0.2, 0.25) is 5.91 Å². The number of aliphatic hydroxyl groups excluding tert-OH is 1. The summed E-state index contributed by atoms with van der Waals surface area (Å²) in [5, 5.41) is 12.5. The number of amides is 1. The van der Waals surface area contributed by atoms with Gasteiger partial charge in [0.05, 0.1) is 5.56 Å². The van der Waals surface area contributed by atoms with Gasteiger partial charge in [0.1, 0.15) is 18.5 Å². The van der Waals surface area contributed by atoms with E-state index in [-0.39, 0.29) is 24.8 Å². The molecule has 0 fully saturated rings. The van der Waals surface area contributed by atoms with Crippen LogP contribution in [0, 0.1) is 6.92 Å². The van der Waals surface area contributed by atoms with Crippen molar-refractivity contribution in [1.29, 1.82) is 0 Å². The Morgan fingerprint density at radius 2 is 1.74 bits per heavy atom. The van der Waals surface area contributed by atoms with Gasteiger partial charge in [-0.2, -0.15) is 13.2 Å². The van der Waals surface area contributed by atoms with E-state index >= 15 is 0 Å². The third kappa shape index (κ3) is 7.30. The Hall–Kier alpha value is -2.54. The normalized spacial score (nSPS) is 12.5. The van der Waals surface area contributed by atoms with Gasteiger partial charge >= 0.3 is 6.18 Å². The molecule has 2 rings (SSSR count). The molecule has 146 valence electrons. The number of aliphatic hydroxyl groups is 1. The monoisotopic (exact) mass is 381 g/mol. The van der Waals surface area contributed by atoms with E-state index in [1.807, 2.05) is 31.2 Å². The molecule has 0 heterocycles. The van der Waals surface area contributed by atoms with Crippen LogP contribution in [0.3, 0.4) is 0 Å². The Balaban J connectivity index is 1.67. The first kappa shape index (κ1) is 20.8. The van der Waals surface area contributed by atoms with E-state index in [2.05, 4.69) is 5.32 Å². The van der Waals surface area contributed by atoms with Crippen molar-refractivity contribution in [2.24, 2.45) is 0 Å². The van der Waals surface area contributed by atoms with Crippen LogP contribution in [-0.4, -0.2) is 30.3 Å². The molecule has 2 aromatic rings. The molecule has 27 heavy (non-hydrogen) atoms. The van der Waals surface area contributed by atoms with E-state index in [0.29, 0.717) is 12.8 Å². The van der Waals surface area contributed by atoms with Gasteiger partial charge in [0.15, 0.2) is 0 Å². The summed E-state index contributed by atoms with van der Waals surface area (Å²) >= 11 is 0. The van der Waals surface area contributed by atoms with Crippen LogP contribution < -0.4 is 10.1 Å². The fourth-order valence-electron chi connectivity index (χ4n) is 2.32. The van der Waals surface area contributed by atoms with Crippen molar-refractivity contribution in [3.05, 3.63) is 65.2 Å². The number of alkyl halides is 3. The Labute approximate surface area is 156 Å². The van der Waals surface area contributed by atoms with E-state index in [4.69, 9.17) is 4.74 Å². The van der Waals surface area contributed by atoms with Crippen LogP contribution in [0.4, 0.5) is 13.2 Å². The number of hydrogen-bond donors (Lipinski definition) is 2. The maximum Gasteiger partial charge on any atom is 0.416 e. The first-order chi connectivity index (χ1) is 12.7. The van der Waals surface area contributed by atoms with Crippen molar-refractivity contribution >= 4 is 5.91 Å². The molecular formula is C20H22F3NO3. The van der Waals surface area contributed by atoms with Crippen molar-refractivity contribution in [2.45, 2.75) is 32.0 Å². The van der Waals surface area contributed by atoms with Gasteiger partial charge in [-0.25, -0.2) is 0 Å². The quantitative estimate of drug-likeness (QED) is 0.736. The van der Waals surface area contributed by atoms with Gasteiger partial charge in [0, 0.05) is 13.0 Å². The highest BCUT2D eigenvalue weighted by atomic mass is 19.4. The van der Waals surface area contributed by atoms with Crippen LogP contribution in [0.25, 0.3) is 0 Å². The molecule has 1 atom stereocenters. The van der Waals surface area contributed by atoms with Crippen LogP contribution in [0.2, 0.25) is 0 Å². The summed E-state index contributed by atoms with van der Waals surface area (Å²) in [7, 11) is 0. The zero-order chi connectivity index (χ0) is 19.9. The fourth-order valence-corrected chi connectivity index (χ4v) is 2.32. The van der Waals surface area contributed by atoms with Crippen LogP contribution in [0.1, 0.15) is 23.1 Å². The molecule has 0 bridgehead atoms. The topological polar surface area (TPSA) is 58.6 Å². The SMILES string of the molecule is Cc1ccc(CCC(=O)NCC(O)COc2ccc(C(F)(F)F)cc2)cc1. The number of carbonyl (C=O) groups is 1. The van der Waals surface area contributed by atoms with Crippen molar-refractivity contribution in [3.63, 3.8) is 0 Å². The molecule has 0 aliphatic carbocycles. The molecule has 2 aromatic carbocycles. The van der Waals surface area contributed by atoms with Gasteiger partial charge in [-0.05, 0) is 43.2 Å². The van der Waals surface area contributed by atoms with E-state index in [1.165, 1.54) is 12.1 Å². The average molecular weight is 381 g/mol. The van der Waals surface area contributed by atoms with Gasteiger partial charge in [0.25, 0.3) is 0 Å². The van der Waals surface area contributed by atoms with E-state index < -0.39 is 17.8 Å². The lowest BCUT2D eigenvalue weighted by atomic mass is 10.1. The minimum atomic E-state index is -4.40. The summed E-state index contributed by atoms with van der Waals surface area (Å²) in [5.74, 6) is 0.0249. The van der Waals surface area contributed by atoms with Crippen molar-refractivity contribution in [2.75, 3.05) is 13.2 Å². The molecule has 0 radical (unpaired) electrons. The number of ether oxygens (including phenoxy) is 1. The number of carbonyl (C=O) groups excluding carboxylic acids is 1. The molecule has 0 aliphatic heterocycles. The number of benzene rings is 2. The molecule has 0 aromatic heterocycles. The maximum absolute atomic E-state index is 12.5. The fraction of sp³-hybridized carbons (Fsp3) is 0.350. The number of halogens is 3. The summed E-state index contributed by atoms with van der Waals surface area (Å²) in [6.07, 6.45) is -4.46. The zero-order valence-electron chi connectivity index (χ0n) is 14.9. The lowest BCUT2D eigenvalue weighted by Gasteiger charge is -2.14. The first-order valence-corrected chi connectivity index (χ1v) is 8.54. The molecule has 0 saturated carbocycles. The lowest BCUT2D eigenvalue weighted by molar-refractivity contribution is -0.137. The molecule has 1 amide bonds. The Morgan fingerprint density at radius 1 is 1.11 bits per heavy atom. The van der Waals surface area contributed by atoms with Crippen molar-refractivity contribution in [3.8, 4) is 5.75 Å². The second kappa shape index (κ2) is 9.41. The average Bonchev–Trinajstić information content (AvgIpc) is 2.64. The van der Waals surface area contributed by atoms with Crippen molar-refractivity contribution in [1.82, 2.24) is 5.32 Å². The summed E-state index contributed by atoms with van der Waals surface area (Å²) in [5.41, 5.74) is 1.44. The molecule has 0 spiro atoms. The van der Waals surface area contributed by atoms with Crippen LogP contribution in [0.5, 0.6) is 5.75 Å². The molecule has 7 heteroatoms. The number of aryl methyl sites for hydroxylation is 2. The third-order valence-electron chi connectivity index (χ3n) is 3.92. The molecule has 2 N–H and O–H groups in total. The number of hydrogen-bond acceptors (Lipinski definition) is 3. The summed E-state index contributed by atoms with van der Waals surface area (Å²) < 4.78 is 42.7. The van der Waals surface area contributed by atoms with Crippen LogP contribution >= 0.6 is 0 Å². The summed E-state index contributed by atoms with van der Waals surface area (Å²) in [6, 6.07) is 12.1. The molecule has 4 nitrogen and oxygen atoms in total. The second-order valence-electron chi connectivity index (χ2n) is 6.28. The van der Waals surface area contributed by atoms with Gasteiger partial charge in [-0.1, -0.05) is 29.8 Å². The summed E-state index contributed by atoms with van der Waals surface area (Å²) in [4.78, 5) is 11.8. The van der Waals surface area contributed by atoms with E-state index in [1.54, 1.807) is 0 Å². The Bertz CT molecular complexity index is 728. The largest absolute Gasteiger partial charge is 0.491 e. The smallest absolute Gasteiger partial charge is 0.416 e. The Kier molecular flexibility index (Phi) is 7.24. The molecule has 0 aliphatic rings. The summed E-state index contributed by atoms with van der Waals surface area (Å²) in [6.45, 7) is 1.86. The molecule has 1 unspecified atom stereocenters. The van der Waals surface area contributed by atoms with Gasteiger partial charge < -0.3 is 15.2 Å². The van der Waals surface area contributed by atoms with Crippen molar-refractivity contribution < 1.29 is 27.8 Å². The maximum atomic E-state index is 12.5. The highest BCUT2D eigenvalue weighted by Gasteiger charge is 2.30. The second-order valence-corrected chi connectivity index (χ2v) is 6.28. The lowest BCUT2D eigenvalue weighted by Crippen LogP contribution is -2.35. The zero-order valence-corrected chi connectivity index (χ0v) is 14.9. The predicted molar refractivity (Wildman–Crippen MR) is 95.5 cm³/mol. The van der Waals surface area contributed by atoms with E-state index in [9.17, 15) is 23.1 Å². The minimum Gasteiger partial charge on any atom is -0.491 e. The van der Waals surface area contributed by atoms with Gasteiger partial charge in [-0.3, -0.25) is 4.79 Å². The van der Waals surface area contributed by atoms with E-state index in [0.717, 1.165) is 23.3 Å². The predicted octanol–water partition coefficient (Wildman–Crippen LogP) is 3.50. The third-order valence-corrected chi connectivity index (χ3v) is 3.92. The molecule has 0 saturated heterocycles. The van der Waals surface area contributed by atoms with Crippen LogP contribution in [-0.2, 0) is 17.4 Å². The molecular weight excluding hydrogens is 359 g/mol. The minimum absolute atomic E-state index is 0.00731.